The molecule has 0 radical (unpaired) electrons. The van der Waals surface area contributed by atoms with Crippen molar-refractivity contribution in [3.05, 3.63) is 0 Å². The van der Waals surface area contributed by atoms with Gasteiger partial charge in [-0.05, 0) is 31.6 Å². The average molecular weight is 240 g/mol. The fourth-order valence-corrected chi connectivity index (χ4v) is 3.98. The van der Waals surface area contributed by atoms with E-state index in [1.54, 1.807) is 0 Å². The molecule has 0 aromatic carbocycles. The molecular weight excluding hydrogens is 216 g/mol. The first kappa shape index (κ1) is 12.9. The summed E-state index contributed by atoms with van der Waals surface area (Å²) >= 11 is 0. The van der Waals surface area contributed by atoms with E-state index < -0.39 is 11.0 Å². The summed E-state index contributed by atoms with van der Waals surface area (Å²) in [5, 5.41) is 10.9. The summed E-state index contributed by atoms with van der Waals surface area (Å²) in [4.78, 5) is 12.2. The van der Waals surface area contributed by atoms with Crippen LogP contribution in [0.25, 0.3) is 0 Å². The molecule has 0 amide bonds. The van der Waals surface area contributed by atoms with E-state index in [4.69, 9.17) is 4.74 Å². The third-order valence-corrected chi connectivity index (χ3v) is 4.90. The highest BCUT2D eigenvalue weighted by molar-refractivity contribution is 5.78. The molecule has 17 heavy (non-hydrogen) atoms. The zero-order valence-electron chi connectivity index (χ0n) is 11.0. The van der Waals surface area contributed by atoms with E-state index in [9.17, 15) is 9.90 Å². The van der Waals surface area contributed by atoms with Gasteiger partial charge < -0.3 is 9.84 Å². The Bertz CT molecular complexity index is 294. The Morgan fingerprint density at radius 1 is 1.24 bits per heavy atom. The van der Waals surface area contributed by atoms with Crippen molar-refractivity contribution < 1.29 is 14.6 Å². The minimum absolute atomic E-state index is 0.187. The largest absolute Gasteiger partial charge is 0.469 e. The Labute approximate surface area is 104 Å². The second-order valence-electron chi connectivity index (χ2n) is 6.01. The molecule has 0 saturated heterocycles. The van der Waals surface area contributed by atoms with Gasteiger partial charge >= 0.3 is 5.97 Å². The molecule has 0 heterocycles. The van der Waals surface area contributed by atoms with Crippen LogP contribution in [0.1, 0.15) is 58.3 Å². The molecule has 2 atom stereocenters. The number of carbonyl (C=O) groups excluding carboxylic acids is 1. The molecule has 0 bridgehead atoms. The lowest BCUT2D eigenvalue weighted by atomic mass is 9.60. The van der Waals surface area contributed by atoms with E-state index in [-0.39, 0.29) is 5.97 Å². The SMILES string of the molecule is COC(=O)C1(C2(O)CCCC2)CCCC(C)C1. The Morgan fingerprint density at radius 3 is 2.41 bits per heavy atom. The van der Waals surface area contributed by atoms with Crippen LogP contribution in [-0.2, 0) is 9.53 Å². The fourth-order valence-electron chi connectivity index (χ4n) is 3.98. The number of ether oxygens (including phenoxy) is 1. The maximum atomic E-state index is 12.2. The molecule has 2 aliphatic carbocycles. The minimum atomic E-state index is -0.811. The van der Waals surface area contributed by atoms with Crippen molar-refractivity contribution in [2.24, 2.45) is 11.3 Å². The van der Waals surface area contributed by atoms with Gasteiger partial charge in [-0.25, -0.2) is 0 Å². The lowest BCUT2D eigenvalue weighted by Crippen LogP contribution is -2.54. The number of carbonyl (C=O) groups is 1. The molecule has 2 fully saturated rings. The van der Waals surface area contributed by atoms with E-state index >= 15 is 0 Å². The number of esters is 1. The van der Waals surface area contributed by atoms with Crippen molar-refractivity contribution in [2.75, 3.05) is 7.11 Å². The van der Waals surface area contributed by atoms with Crippen LogP contribution in [0.5, 0.6) is 0 Å². The number of aliphatic hydroxyl groups is 1. The lowest BCUT2D eigenvalue weighted by Gasteiger charge is -2.47. The smallest absolute Gasteiger partial charge is 0.314 e. The zero-order valence-corrected chi connectivity index (χ0v) is 11.0. The summed E-state index contributed by atoms with van der Waals surface area (Å²) in [6.07, 6.45) is 7.35. The van der Waals surface area contributed by atoms with Crippen LogP contribution < -0.4 is 0 Å². The molecule has 0 aliphatic heterocycles. The summed E-state index contributed by atoms with van der Waals surface area (Å²) in [5.41, 5.74) is -1.44. The van der Waals surface area contributed by atoms with Crippen LogP contribution in [0.3, 0.4) is 0 Å². The van der Waals surface area contributed by atoms with Crippen molar-refractivity contribution in [1.29, 1.82) is 0 Å². The summed E-state index contributed by atoms with van der Waals surface area (Å²) in [5.74, 6) is 0.320. The minimum Gasteiger partial charge on any atom is -0.469 e. The van der Waals surface area contributed by atoms with Crippen molar-refractivity contribution in [3.63, 3.8) is 0 Å². The zero-order chi connectivity index (χ0) is 12.5. The summed E-state index contributed by atoms with van der Waals surface area (Å²) in [6, 6.07) is 0. The highest BCUT2D eigenvalue weighted by Gasteiger charge is 2.58. The molecule has 2 aliphatic rings. The monoisotopic (exact) mass is 240 g/mol. The van der Waals surface area contributed by atoms with Gasteiger partial charge in [-0.3, -0.25) is 4.79 Å². The summed E-state index contributed by atoms with van der Waals surface area (Å²) < 4.78 is 5.02. The molecule has 3 nitrogen and oxygen atoms in total. The molecule has 2 unspecified atom stereocenters. The van der Waals surface area contributed by atoms with Gasteiger partial charge in [0.25, 0.3) is 0 Å². The molecule has 0 aromatic heterocycles. The third-order valence-electron chi connectivity index (χ3n) is 4.90. The second kappa shape index (κ2) is 4.60. The van der Waals surface area contributed by atoms with Crippen molar-refractivity contribution in [3.8, 4) is 0 Å². The van der Waals surface area contributed by atoms with Crippen molar-refractivity contribution in [2.45, 2.75) is 63.9 Å². The Balaban J connectivity index is 2.32. The highest BCUT2D eigenvalue weighted by atomic mass is 16.5. The van der Waals surface area contributed by atoms with E-state index in [2.05, 4.69) is 6.92 Å². The standard InChI is InChI=1S/C14H24O3/c1-11-6-5-7-13(10-11,12(15)17-2)14(16)8-3-4-9-14/h11,16H,3-10H2,1-2H3. The molecule has 0 aromatic rings. The third kappa shape index (κ3) is 1.99. The fraction of sp³-hybridized carbons (Fsp3) is 0.929. The summed E-state index contributed by atoms with van der Waals surface area (Å²) in [6.45, 7) is 2.18. The van der Waals surface area contributed by atoms with Gasteiger partial charge in [0.1, 0.15) is 0 Å². The van der Waals surface area contributed by atoms with E-state index in [0.717, 1.165) is 51.4 Å². The predicted molar refractivity (Wildman–Crippen MR) is 65.5 cm³/mol. The summed E-state index contributed by atoms with van der Waals surface area (Å²) in [7, 11) is 1.45. The molecule has 98 valence electrons. The lowest BCUT2D eigenvalue weighted by molar-refractivity contribution is -0.180. The number of hydrogen-bond acceptors (Lipinski definition) is 3. The van der Waals surface area contributed by atoms with Gasteiger partial charge in [-0.15, -0.1) is 0 Å². The maximum absolute atomic E-state index is 12.2. The molecule has 3 heteroatoms. The average Bonchev–Trinajstić information content (AvgIpc) is 2.76. The number of methoxy groups -OCH3 is 1. The Morgan fingerprint density at radius 2 is 1.88 bits per heavy atom. The molecule has 2 saturated carbocycles. The number of hydrogen-bond donors (Lipinski definition) is 1. The topological polar surface area (TPSA) is 46.5 Å². The number of rotatable bonds is 2. The predicted octanol–water partition coefficient (Wildman–Crippen LogP) is 2.66. The first-order valence-electron chi connectivity index (χ1n) is 6.85. The molecule has 2 rings (SSSR count). The van der Waals surface area contributed by atoms with E-state index in [1.807, 2.05) is 0 Å². The van der Waals surface area contributed by atoms with Gasteiger partial charge in [0.15, 0.2) is 0 Å². The molecular formula is C14H24O3. The van der Waals surface area contributed by atoms with Gasteiger partial charge in [0, 0.05) is 0 Å². The maximum Gasteiger partial charge on any atom is 0.314 e. The Hall–Kier alpha value is -0.570. The van der Waals surface area contributed by atoms with Crippen LogP contribution in [0.4, 0.5) is 0 Å². The van der Waals surface area contributed by atoms with Gasteiger partial charge in [-0.1, -0.05) is 32.6 Å². The second-order valence-corrected chi connectivity index (χ2v) is 6.01. The van der Waals surface area contributed by atoms with Crippen LogP contribution in [0, 0.1) is 11.3 Å². The molecule has 0 spiro atoms. The van der Waals surface area contributed by atoms with Crippen LogP contribution in [0.15, 0.2) is 0 Å². The Kier molecular flexibility index (Phi) is 3.48. The normalized spacial score (nSPS) is 36.8. The van der Waals surface area contributed by atoms with Crippen LogP contribution in [0.2, 0.25) is 0 Å². The first-order valence-corrected chi connectivity index (χ1v) is 6.85. The van der Waals surface area contributed by atoms with Crippen LogP contribution >= 0.6 is 0 Å². The first-order chi connectivity index (χ1) is 8.04. The van der Waals surface area contributed by atoms with Crippen LogP contribution in [-0.4, -0.2) is 23.8 Å². The van der Waals surface area contributed by atoms with E-state index in [0.29, 0.717) is 5.92 Å². The van der Waals surface area contributed by atoms with E-state index in [1.165, 1.54) is 7.11 Å². The van der Waals surface area contributed by atoms with Gasteiger partial charge in [0.05, 0.1) is 18.1 Å². The molecule has 1 N–H and O–H groups in total. The van der Waals surface area contributed by atoms with Crippen molar-refractivity contribution >= 4 is 5.97 Å². The van der Waals surface area contributed by atoms with Gasteiger partial charge in [-0.2, -0.15) is 0 Å². The van der Waals surface area contributed by atoms with Gasteiger partial charge in [0.2, 0.25) is 0 Å². The van der Waals surface area contributed by atoms with Crippen molar-refractivity contribution in [1.82, 2.24) is 0 Å². The quantitative estimate of drug-likeness (QED) is 0.755. The highest BCUT2D eigenvalue weighted by Crippen LogP contribution is 2.53.